The Bertz CT molecular complexity index is 1610. The molecule has 6 aromatic rings. The molecule has 0 spiro atoms. The van der Waals surface area contributed by atoms with Gasteiger partial charge in [-0.1, -0.05) is 54.6 Å². The number of imidazole rings is 1. The van der Waals surface area contributed by atoms with E-state index in [4.69, 9.17) is 14.1 Å². The van der Waals surface area contributed by atoms with Crippen LogP contribution in [0.25, 0.3) is 49.8 Å². The SMILES string of the molecule is c1ccc2c(c1)COc1nc3ccc(-c4cccc5oc6ccccc6c45)cc3n1-2. The van der Waals surface area contributed by atoms with Gasteiger partial charge in [-0.15, -0.1) is 0 Å². The van der Waals surface area contributed by atoms with Crippen LogP contribution in [-0.2, 0) is 6.61 Å². The van der Waals surface area contributed by atoms with Crippen LogP contribution in [0.4, 0.5) is 0 Å². The average molecular weight is 388 g/mol. The summed E-state index contributed by atoms with van der Waals surface area (Å²) in [5.41, 5.74) is 8.35. The van der Waals surface area contributed by atoms with Gasteiger partial charge in [-0.2, -0.15) is 4.98 Å². The van der Waals surface area contributed by atoms with Crippen molar-refractivity contribution in [3.63, 3.8) is 0 Å². The summed E-state index contributed by atoms with van der Waals surface area (Å²) in [5, 5.41) is 2.27. The highest BCUT2D eigenvalue weighted by Gasteiger charge is 2.22. The zero-order valence-corrected chi connectivity index (χ0v) is 16.0. The van der Waals surface area contributed by atoms with Crippen molar-refractivity contribution in [2.24, 2.45) is 0 Å². The molecule has 7 rings (SSSR count). The summed E-state index contributed by atoms with van der Waals surface area (Å²) in [7, 11) is 0. The second kappa shape index (κ2) is 5.74. The van der Waals surface area contributed by atoms with E-state index in [9.17, 15) is 0 Å². The molecule has 0 atom stereocenters. The number of fused-ring (bicyclic) bond motifs is 8. The molecule has 0 amide bonds. The van der Waals surface area contributed by atoms with E-state index in [0.717, 1.165) is 55.3 Å². The Balaban J connectivity index is 1.53. The molecule has 3 heterocycles. The Morgan fingerprint density at radius 3 is 2.67 bits per heavy atom. The second-order valence-corrected chi connectivity index (χ2v) is 7.63. The topological polar surface area (TPSA) is 40.2 Å². The highest BCUT2D eigenvalue weighted by atomic mass is 16.5. The molecule has 142 valence electrons. The Labute approximate surface area is 171 Å². The lowest BCUT2D eigenvalue weighted by Gasteiger charge is -2.19. The number of ether oxygens (including phenoxy) is 1. The van der Waals surface area contributed by atoms with Gasteiger partial charge in [0.2, 0.25) is 0 Å². The molecular formula is C26H16N2O2. The fraction of sp³-hybridized carbons (Fsp3) is 0.0385. The maximum Gasteiger partial charge on any atom is 0.302 e. The van der Waals surface area contributed by atoms with Crippen LogP contribution in [0.2, 0.25) is 0 Å². The number of furan rings is 1. The zero-order chi connectivity index (χ0) is 19.7. The van der Waals surface area contributed by atoms with Crippen LogP contribution >= 0.6 is 0 Å². The summed E-state index contributed by atoms with van der Waals surface area (Å²) in [5.74, 6) is 0. The van der Waals surface area contributed by atoms with E-state index >= 15 is 0 Å². The van der Waals surface area contributed by atoms with E-state index < -0.39 is 0 Å². The van der Waals surface area contributed by atoms with Crippen molar-refractivity contribution in [1.82, 2.24) is 9.55 Å². The highest BCUT2D eigenvalue weighted by Crippen LogP contribution is 2.39. The fourth-order valence-electron chi connectivity index (χ4n) is 4.56. The summed E-state index contributed by atoms with van der Waals surface area (Å²) in [6, 6.07) is 29.8. The van der Waals surface area contributed by atoms with E-state index in [1.165, 1.54) is 0 Å². The van der Waals surface area contributed by atoms with Crippen LogP contribution in [0.1, 0.15) is 5.56 Å². The van der Waals surface area contributed by atoms with Gasteiger partial charge in [-0.3, -0.25) is 4.57 Å². The van der Waals surface area contributed by atoms with E-state index in [1.807, 2.05) is 24.3 Å². The van der Waals surface area contributed by atoms with Crippen molar-refractivity contribution in [2.75, 3.05) is 0 Å². The third-order valence-corrected chi connectivity index (χ3v) is 5.93. The first-order valence-corrected chi connectivity index (χ1v) is 10.0. The Kier molecular flexibility index (Phi) is 3.03. The van der Waals surface area contributed by atoms with E-state index in [0.29, 0.717) is 12.6 Å². The third-order valence-electron chi connectivity index (χ3n) is 5.93. The smallest absolute Gasteiger partial charge is 0.302 e. The fourth-order valence-corrected chi connectivity index (χ4v) is 4.56. The van der Waals surface area contributed by atoms with Crippen molar-refractivity contribution in [3.8, 4) is 22.8 Å². The van der Waals surface area contributed by atoms with E-state index in [2.05, 4.69) is 65.2 Å². The summed E-state index contributed by atoms with van der Waals surface area (Å²) in [6.07, 6.45) is 0. The number of para-hydroxylation sites is 2. The summed E-state index contributed by atoms with van der Waals surface area (Å²) in [4.78, 5) is 4.71. The van der Waals surface area contributed by atoms with Gasteiger partial charge in [0, 0.05) is 16.3 Å². The number of hydrogen-bond donors (Lipinski definition) is 0. The van der Waals surface area contributed by atoms with Gasteiger partial charge in [-0.25, -0.2) is 0 Å². The predicted octanol–water partition coefficient (Wildman–Crippen LogP) is 6.48. The maximum absolute atomic E-state index is 6.09. The second-order valence-electron chi connectivity index (χ2n) is 7.63. The first-order valence-electron chi connectivity index (χ1n) is 10.0. The largest absolute Gasteiger partial charge is 0.459 e. The zero-order valence-electron chi connectivity index (χ0n) is 16.0. The third kappa shape index (κ3) is 2.08. The van der Waals surface area contributed by atoms with Gasteiger partial charge < -0.3 is 9.15 Å². The molecular weight excluding hydrogens is 372 g/mol. The van der Waals surface area contributed by atoms with Gasteiger partial charge in [0.15, 0.2) is 0 Å². The molecule has 4 aromatic carbocycles. The molecule has 2 aromatic heterocycles. The molecule has 0 aliphatic carbocycles. The molecule has 0 bridgehead atoms. The van der Waals surface area contributed by atoms with Gasteiger partial charge in [-0.05, 0) is 41.5 Å². The van der Waals surface area contributed by atoms with E-state index in [-0.39, 0.29) is 0 Å². The lowest BCUT2D eigenvalue weighted by Crippen LogP contribution is -2.11. The molecule has 1 aliphatic rings. The average Bonchev–Trinajstić information content (AvgIpc) is 3.37. The molecule has 4 nitrogen and oxygen atoms in total. The minimum absolute atomic E-state index is 0.548. The predicted molar refractivity (Wildman–Crippen MR) is 118 cm³/mol. The van der Waals surface area contributed by atoms with Crippen molar-refractivity contribution in [3.05, 3.63) is 90.5 Å². The molecule has 0 saturated heterocycles. The molecule has 0 radical (unpaired) electrons. The molecule has 0 saturated carbocycles. The number of aromatic nitrogens is 2. The Morgan fingerprint density at radius 2 is 1.67 bits per heavy atom. The van der Waals surface area contributed by atoms with Crippen LogP contribution in [0.3, 0.4) is 0 Å². The number of hydrogen-bond acceptors (Lipinski definition) is 3. The first-order chi connectivity index (χ1) is 14.9. The molecule has 30 heavy (non-hydrogen) atoms. The van der Waals surface area contributed by atoms with Crippen molar-refractivity contribution >= 4 is 33.0 Å². The molecule has 0 N–H and O–H groups in total. The minimum atomic E-state index is 0.548. The van der Waals surface area contributed by atoms with Gasteiger partial charge in [0.25, 0.3) is 0 Å². The van der Waals surface area contributed by atoms with E-state index in [1.54, 1.807) is 0 Å². The molecule has 4 heteroatoms. The minimum Gasteiger partial charge on any atom is -0.459 e. The van der Waals surface area contributed by atoms with Crippen molar-refractivity contribution in [1.29, 1.82) is 0 Å². The summed E-state index contributed by atoms with van der Waals surface area (Å²) >= 11 is 0. The van der Waals surface area contributed by atoms with Crippen LogP contribution in [0, 0.1) is 0 Å². The van der Waals surface area contributed by atoms with Crippen LogP contribution < -0.4 is 4.74 Å². The van der Waals surface area contributed by atoms with Crippen molar-refractivity contribution < 1.29 is 9.15 Å². The lowest BCUT2D eigenvalue weighted by molar-refractivity contribution is 0.265. The number of nitrogens with zero attached hydrogens (tertiary/aromatic N) is 2. The monoisotopic (exact) mass is 388 g/mol. The summed E-state index contributed by atoms with van der Waals surface area (Å²) < 4.78 is 14.1. The molecule has 0 fully saturated rings. The van der Waals surface area contributed by atoms with Gasteiger partial charge in [0.05, 0.1) is 16.7 Å². The molecule has 1 aliphatic heterocycles. The highest BCUT2D eigenvalue weighted by molar-refractivity contribution is 6.12. The quantitative estimate of drug-likeness (QED) is 0.323. The van der Waals surface area contributed by atoms with Crippen LogP contribution in [-0.4, -0.2) is 9.55 Å². The van der Waals surface area contributed by atoms with Gasteiger partial charge >= 0.3 is 6.01 Å². The standard InChI is InChI=1S/C26H16N2O2/c1-3-9-21-17(6-1)15-29-26-27-20-13-12-16(14-22(20)28(21)26)18-8-5-11-24-25(18)19-7-2-4-10-23(19)30-24/h1-14H,15H2. The molecule has 0 unspecified atom stereocenters. The normalized spacial score (nSPS) is 12.8. The van der Waals surface area contributed by atoms with Crippen LogP contribution in [0.5, 0.6) is 6.01 Å². The number of rotatable bonds is 1. The first kappa shape index (κ1) is 15.8. The Hall–Kier alpha value is -4.05. The van der Waals surface area contributed by atoms with Crippen molar-refractivity contribution in [2.45, 2.75) is 6.61 Å². The summed E-state index contributed by atoms with van der Waals surface area (Å²) in [6.45, 7) is 0.548. The number of benzene rings is 4. The maximum atomic E-state index is 6.09. The van der Waals surface area contributed by atoms with Crippen LogP contribution in [0.15, 0.2) is 89.3 Å². The lowest BCUT2D eigenvalue weighted by atomic mass is 9.99. The van der Waals surface area contributed by atoms with Gasteiger partial charge in [0.1, 0.15) is 17.8 Å². The Morgan fingerprint density at radius 1 is 0.800 bits per heavy atom.